The van der Waals surface area contributed by atoms with Crippen LogP contribution in [0, 0.1) is 0 Å². The monoisotopic (exact) mass is 501 g/mol. The van der Waals surface area contributed by atoms with Crippen molar-refractivity contribution < 1.29 is 18.0 Å². The molecule has 7 nitrogen and oxygen atoms in total. The fourth-order valence-corrected chi connectivity index (χ4v) is 4.77. The Morgan fingerprint density at radius 2 is 1.54 bits per heavy atom. The van der Waals surface area contributed by atoms with Crippen LogP contribution in [0.4, 0.5) is 5.69 Å². The van der Waals surface area contributed by atoms with Gasteiger partial charge in [-0.15, -0.1) is 0 Å². The Hall–Kier alpha value is -2.87. The molecule has 0 aliphatic rings. The lowest BCUT2D eigenvalue weighted by molar-refractivity contribution is -0.139. The molecule has 2 rings (SSSR count). The first-order chi connectivity index (χ1) is 16.4. The summed E-state index contributed by atoms with van der Waals surface area (Å²) in [6, 6.07) is 16.1. The van der Waals surface area contributed by atoms with E-state index in [4.69, 9.17) is 0 Å². The van der Waals surface area contributed by atoms with E-state index < -0.39 is 22.0 Å². The molecule has 0 radical (unpaired) electrons. The van der Waals surface area contributed by atoms with Crippen LogP contribution in [0.15, 0.2) is 54.6 Å². The molecule has 0 fully saturated rings. The number of hydrogen-bond acceptors (Lipinski definition) is 4. The van der Waals surface area contributed by atoms with E-state index in [-0.39, 0.29) is 18.5 Å². The Balaban J connectivity index is 2.36. The minimum absolute atomic E-state index is 0.0744. The van der Waals surface area contributed by atoms with Crippen molar-refractivity contribution >= 4 is 27.5 Å². The van der Waals surface area contributed by atoms with Crippen LogP contribution in [0.25, 0.3) is 0 Å². The van der Waals surface area contributed by atoms with Crippen LogP contribution < -0.4 is 9.62 Å². The van der Waals surface area contributed by atoms with Gasteiger partial charge in [0, 0.05) is 12.6 Å². The predicted octanol–water partition coefficient (Wildman–Crippen LogP) is 3.95. The van der Waals surface area contributed by atoms with Crippen molar-refractivity contribution in [2.45, 2.75) is 65.5 Å². The van der Waals surface area contributed by atoms with Crippen molar-refractivity contribution in [1.29, 1.82) is 0 Å². The molecule has 0 heterocycles. The third-order valence-electron chi connectivity index (χ3n) is 5.83. The van der Waals surface area contributed by atoms with Gasteiger partial charge in [-0.2, -0.15) is 0 Å². The van der Waals surface area contributed by atoms with E-state index in [1.165, 1.54) is 4.90 Å². The SMILES string of the molecule is CC[C@H](C(=O)NC(C)C)N(CCc1ccccc1)C(=O)CN(c1ccc(C(C)C)cc1)S(C)(=O)=O. The first kappa shape index (κ1) is 28.4. The van der Waals surface area contributed by atoms with Gasteiger partial charge in [0.1, 0.15) is 12.6 Å². The van der Waals surface area contributed by atoms with Crippen LogP contribution in [0.1, 0.15) is 58.1 Å². The molecule has 0 aromatic heterocycles. The van der Waals surface area contributed by atoms with Gasteiger partial charge in [0.15, 0.2) is 0 Å². The minimum atomic E-state index is -3.73. The zero-order chi connectivity index (χ0) is 26.2. The standard InChI is InChI=1S/C27H39N3O4S/c1-7-25(27(32)28-21(4)5)29(18-17-22-11-9-8-10-12-22)26(31)19-30(35(6,33)34)24-15-13-23(14-16-24)20(2)3/h8-16,20-21,25H,7,17-19H2,1-6H3,(H,28,32)/t25-/m1/s1. The highest BCUT2D eigenvalue weighted by atomic mass is 32.2. The number of hydrogen-bond donors (Lipinski definition) is 1. The third kappa shape index (κ3) is 8.38. The lowest BCUT2D eigenvalue weighted by atomic mass is 10.0. The maximum atomic E-state index is 13.6. The second kappa shape index (κ2) is 12.7. The largest absolute Gasteiger partial charge is 0.352 e. The number of amides is 2. The highest BCUT2D eigenvalue weighted by molar-refractivity contribution is 7.92. The molecule has 1 N–H and O–H groups in total. The van der Waals surface area contributed by atoms with Crippen LogP contribution in [-0.4, -0.2) is 56.6 Å². The van der Waals surface area contributed by atoms with Gasteiger partial charge in [-0.1, -0.05) is 63.2 Å². The average Bonchev–Trinajstić information content (AvgIpc) is 2.79. The number of rotatable bonds is 12. The molecule has 0 spiro atoms. The molecule has 2 amide bonds. The number of anilines is 1. The second-order valence-corrected chi connectivity index (χ2v) is 11.3. The van der Waals surface area contributed by atoms with Crippen LogP contribution in [-0.2, 0) is 26.0 Å². The molecule has 1 atom stereocenters. The highest BCUT2D eigenvalue weighted by Gasteiger charge is 2.31. The summed E-state index contributed by atoms with van der Waals surface area (Å²) < 4.78 is 26.5. The summed E-state index contributed by atoms with van der Waals surface area (Å²) in [6.45, 7) is 9.64. The summed E-state index contributed by atoms with van der Waals surface area (Å²) in [6.07, 6.45) is 2.06. The van der Waals surface area contributed by atoms with Gasteiger partial charge >= 0.3 is 0 Å². The van der Waals surface area contributed by atoms with Crippen LogP contribution >= 0.6 is 0 Å². The molecule has 0 unspecified atom stereocenters. The zero-order valence-corrected chi connectivity index (χ0v) is 22.5. The van der Waals surface area contributed by atoms with Crippen molar-refractivity contribution in [2.75, 3.05) is 23.7 Å². The Kier molecular flexibility index (Phi) is 10.3. The van der Waals surface area contributed by atoms with Crippen molar-refractivity contribution in [3.63, 3.8) is 0 Å². The minimum Gasteiger partial charge on any atom is -0.352 e. The number of benzene rings is 2. The Bertz CT molecular complexity index is 1070. The molecule has 0 saturated carbocycles. The van der Waals surface area contributed by atoms with Crippen molar-refractivity contribution in [2.24, 2.45) is 0 Å². The molecule has 35 heavy (non-hydrogen) atoms. The van der Waals surface area contributed by atoms with Gasteiger partial charge in [-0.25, -0.2) is 8.42 Å². The van der Waals surface area contributed by atoms with Gasteiger partial charge in [0.25, 0.3) is 0 Å². The number of nitrogens with one attached hydrogen (secondary N) is 1. The van der Waals surface area contributed by atoms with E-state index >= 15 is 0 Å². The third-order valence-corrected chi connectivity index (χ3v) is 6.97. The smallest absolute Gasteiger partial charge is 0.244 e. The summed E-state index contributed by atoms with van der Waals surface area (Å²) in [7, 11) is -3.73. The van der Waals surface area contributed by atoms with Crippen LogP contribution in [0.2, 0.25) is 0 Å². The summed E-state index contributed by atoms with van der Waals surface area (Å²) >= 11 is 0. The quantitative estimate of drug-likeness (QED) is 0.477. The van der Waals surface area contributed by atoms with Crippen molar-refractivity contribution in [3.8, 4) is 0 Å². The number of carbonyl (C=O) groups is 2. The molecular weight excluding hydrogens is 462 g/mol. The first-order valence-corrected chi connectivity index (χ1v) is 14.0. The van der Waals surface area contributed by atoms with E-state index in [2.05, 4.69) is 19.2 Å². The molecule has 8 heteroatoms. The summed E-state index contributed by atoms with van der Waals surface area (Å²) in [5.41, 5.74) is 2.54. The molecule has 0 aliphatic carbocycles. The molecule has 192 valence electrons. The van der Waals surface area contributed by atoms with Gasteiger partial charge in [0.05, 0.1) is 11.9 Å². The van der Waals surface area contributed by atoms with Crippen LogP contribution in [0.3, 0.4) is 0 Å². The second-order valence-electron chi connectivity index (χ2n) is 9.43. The molecule has 2 aromatic rings. The predicted molar refractivity (Wildman–Crippen MR) is 142 cm³/mol. The summed E-state index contributed by atoms with van der Waals surface area (Å²) in [5, 5.41) is 2.89. The van der Waals surface area contributed by atoms with E-state index in [1.54, 1.807) is 12.1 Å². The molecular formula is C27H39N3O4S. The number of nitrogens with zero attached hydrogens (tertiary/aromatic N) is 2. The van der Waals surface area contributed by atoms with E-state index in [1.807, 2.05) is 63.2 Å². The maximum Gasteiger partial charge on any atom is 0.244 e. The average molecular weight is 502 g/mol. The molecule has 0 bridgehead atoms. The maximum absolute atomic E-state index is 13.6. The van der Waals surface area contributed by atoms with Crippen molar-refractivity contribution in [3.05, 3.63) is 65.7 Å². The molecule has 2 aromatic carbocycles. The lowest BCUT2D eigenvalue weighted by Gasteiger charge is -2.33. The summed E-state index contributed by atoms with van der Waals surface area (Å²) in [4.78, 5) is 28.1. The highest BCUT2D eigenvalue weighted by Crippen LogP contribution is 2.22. The Labute approximate surface area is 210 Å². The number of carbonyl (C=O) groups excluding carboxylic acids is 2. The molecule has 0 saturated heterocycles. The van der Waals surface area contributed by atoms with E-state index in [0.29, 0.717) is 31.0 Å². The van der Waals surface area contributed by atoms with Crippen molar-refractivity contribution in [1.82, 2.24) is 10.2 Å². The van der Waals surface area contributed by atoms with Gasteiger partial charge in [0.2, 0.25) is 21.8 Å². The fraction of sp³-hybridized carbons (Fsp3) is 0.481. The number of sulfonamides is 1. The normalized spacial score (nSPS) is 12.5. The molecule has 0 aliphatic heterocycles. The van der Waals surface area contributed by atoms with Gasteiger partial charge in [-0.05, 0) is 55.9 Å². The fourth-order valence-electron chi connectivity index (χ4n) is 3.92. The zero-order valence-electron chi connectivity index (χ0n) is 21.7. The summed E-state index contributed by atoms with van der Waals surface area (Å²) in [5.74, 6) is -0.350. The van der Waals surface area contributed by atoms with E-state index in [0.717, 1.165) is 21.7 Å². The van der Waals surface area contributed by atoms with E-state index in [9.17, 15) is 18.0 Å². The first-order valence-electron chi connectivity index (χ1n) is 12.2. The topological polar surface area (TPSA) is 86.8 Å². The van der Waals surface area contributed by atoms with Gasteiger partial charge < -0.3 is 10.2 Å². The Morgan fingerprint density at radius 3 is 2.03 bits per heavy atom. The lowest BCUT2D eigenvalue weighted by Crippen LogP contribution is -2.54. The Morgan fingerprint density at radius 1 is 0.943 bits per heavy atom. The van der Waals surface area contributed by atoms with Gasteiger partial charge in [-0.3, -0.25) is 13.9 Å². The van der Waals surface area contributed by atoms with Crippen LogP contribution in [0.5, 0.6) is 0 Å².